The molecule has 3 aliphatic rings. The van der Waals surface area contributed by atoms with E-state index in [1.165, 1.54) is 15.2 Å². The highest BCUT2D eigenvalue weighted by atomic mass is 16.5. The third-order valence-electron chi connectivity index (χ3n) is 8.30. The van der Waals surface area contributed by atoms with Crippen molar-refractivity contribution in [3.05, 3.63) is 0 Å². The quantitative estimate of drug-likeness (QED) is 0.232. The smallest absolute Gasteiger partial charge is 0.317 e. The first-order valence-electron chi connectivity index (χ1n) is 16.1. The van der Waals surface area contributed by atoms with Crippen molar-refractivity contribution in [1.29, 1.82) is 0 Å². The zero-order valence-electron chi connectivity index (χ0n) is 31.3. The van der Waals surface area contributed by atoms with Crippen LogP contribution < -0.4 is 0 Å². The summed E-state index contributed by atoms with van der Waals surface area (Å²) in [7, 11) is 0. The highest BCUT2D eigenvalue weighted by molar-refractivity contribution is 5.82. The summed E-state index contributed by atoms with van der Waals surface area (Å²) in [4.78, 5) is 65.1. The Balaban J connectivity index is 0.000000627. The largest absolute Gasteiger partial charge is 0.480 e. The van der Waals surface area contributed by atoms with Crippen molar-refractivity contribution in [1.82, 2.24) is 20.1 Å². The van der Waals surface area contributed by atoms with Gasteiger partial charge in [0.25, 0.3) is 0 Å². The minimum atomic E-state index is -1.26. The summed E-state index contributed by atoms with van der Waals surface area (Å²) in [6, 6.07) is 0. The number of carboxylic acids is 3. The van der Waals surface area contributed by atoms with Gasteiger partial charge in [0.2, 0.25) is 0 Å². The molecule has 3 saturated heterocycles. The predicted molar refractivity (Wildman–Crippen MR) is 177 cm³/mol. The number of Topliss-reactive ketones (excluding diaryl/α,β-unsaturated/α-hetero) is 3. The topological polar surface area (TPSA) is 237 Å². The minimum absolute atomic E-state index is 0.232. The van der Waals surface area contributed by atoms with Gasteiger partial charge in [-0.25, -0.2) is 0 Å². The molecule has 0 bridgehead atoms. The number of nitrogens with zero attached hydrogens (tertiary/aromatic N) is 4. The molecule has 3 heterocycles. The lowest BCUT2D eigenvalue weighted by molar-refractivity contribution is -0.237. The Morgan fingerprint density at radius 3 is 0.714 bits per heavy atom. The molecule has 49 heavy (non-hydrogen) atoms. The molecule has 0 aromatic carbocycles. The predicted octanol–water partition coefficient (Wildman–Crippen LogP) is 3.34. The van der Waals surface area contributed by atoms with E-state index in [2.05, 4.69) is 0 Å². The van der Waals surface area contributed by atoms with Crippen LogP contribution in [0.1, 0.15) is 122 Å². The second kappa shape index (κ2) is 16.9. The Morgan fingerprint density at radius 2 is 0.592 bits per heavy atom. The van der Waals surface area contributed by atoms with Crippen LogP contribution in [0.2, 0.25) is 0 Å². The highest BCUT2D eigenvalue weighted by Crippen LogP contribution is 2.36. The van der Waals surface area contributed by atoms with Crippen LogP contribution in [0.15, 0.2) is 0 Å². The van der Waals surface area contributed by atoms with E-state index in [1.54, 1.807) is 0 Å². The zero-order valence-corrected chi connectivity index (χ0v) is 31.3. The van der Waals surface area contributed by atoms with Crippen molar-refractivity contribution in [2.45, 2.75) is 155 Å². The van der Waals surface area contributed by atoms with E-state index in [-0.39, 0.29) is 17.3 Å². The highest BCUT2D eigenvalue weighted by Gasteiger charge is 2.46. The Hall–Kier alpha value is -2.86. The van der Waals surface area contributed by atoms with Crippen molar-refractivity contribution in [3.63, 3.8) is 0 Å². The second-order valence-electron chi connectivity index (χ2n) is 16.8. The fourth-order valence-corrected chi connectivity index (χ4v) is 6.73. The molecule has 0 saturated carbocycles. The van der Waals surface area contributed by atoms with Crippen molar-refractivity contribution >= 4 is 35.3 Å². The molecule has 6 N–H and O–H groups in total. The standard InChI is InChI=1S/3C9H17NO2.C6H9NO6/c3*1-8(2)5-7(11)6-9(3,4)10(8)12;8-4(9)1-7(2-5(10)11)3-6(12)13/h3*12H,5-6H2,1-4H3;1-3H2,(H,8,9)(H,10,11)(H,12,13). The summed E-state index contributed by atoms with van der Waals surface area (Å²) in [5.74, 6) is -3.09. The van der Waals surface area contributed by atoms with Gasteiger partial charge in [-0.15, -0.1) is 0 Å². The second-order valence-corrected chi connectivity index (χ2v) is 16.8. The molecule has 0 amide bonds. The van der Waals surface area contributed by atoms with Gasteiger partial charge >= 0.3 is 17.9 Å². The van der Waals surface area contributed by atoms with E-state index in [0.717, 1.165) is 4.90 Å². The average molecular weight is 705 g/mol. The molecular formula is C33H60N4O12. The van der Waals surface area contributed by atoms with Crippen LogP contribution in [-0.4, -0.2) is 139 Å². The number of ketones is 3. The molecule has 16 heteroatoms. The molecular weight excluding hydrogens is 644 g/mol. The number of hydroxylamine groups is 6. The maximum atomic E-state index is 11.3. The van der Waals surface area contributed by atoms with Gasteiger partial charge in [-0.1, -0.05) is 0 Å². The summed E-state index contributed by atoms with van der Waals surface area (Å²) >= 11 is 0. The van der Waals surface area contributed by atoms with Crippen molar-refractivity contribution in [3.8, 4) is 0 Å². The van der Waals surface area contributed by atoms with Gasteiger partial charge < -0.3 is 30.9 Å². The van der Waals surface area contributed by atoms with Crippen molar-refractivity contribution in [2.24, 2.45) is 0 Å². The van der Waals surface area contributed by atoms with Crippen LogP contribution >= 0.6 is 0 Å². The molecule has 0 aliphatic carbocycles. The number of hydrogen-bond donors (Lipinski definition) is 6. The Labute approximate surface area is 289 Å². The number of aliphatic carboxylic acids is 3. The molecule has 0 atom stereocenters. The van der Waals surface area contributed by atoms with Gasteiger partial charge in [-0.2, -0.15) is 15.2 Å². The van der Waals surface area contributed by atoms with Crippen LogP contribution in [0, 0.1) is 0 Å². The van der Waals surface area contributed by atoms with Crippen LogP contribution in [0.3, 0.4) is 0 Å². The molecule has 16 nitrogen and oxygen atoms in total. The van der Waals surface area contributed by atoms with Gasteiger partial charge in [0.1, 0.15) is 17.3 Å². The van der Waals surface area contributed by atoms with Gasteiger partial charge in [-0.3, -0.25) is 33.7 Å². The molecule has 3 aliphatic heterocycles. The summed E-state index contributed by atoms with van der Waals surface area (Å²) in [6.07, 6.45) is 2.62. The summed E-state index contributed by atoms with van der Waals surface area (Å²) < 4.78 is 0. The van der Waals surface area contributed by atoms with Crippen molar-refractivity contribution in [2.75, 3.05) is 19.6 Å². The van der Waals surface area contributed by atoms with Crippen LogP contribution in [0.4, 0.5) is 0 Å². The fourth-order valence-electron chi connectivity index (χ4n) is 6.73. The third kappa shape index (κ3) is 14.9. The maximum absolute atomic E-state index is 11.3. The van der Waals surface area contributed by atoms with Crippen LogP contribution in [0.25, 0.3) is 0 Å². The molecule has 0 aromatic rings. The number of carbonyl (C=O) groups excluding carboxylic acids is 3. The minimum Gasteiger partial charge on any atom is -0.480 e. The lowest BCUT2D eigenvalue weighted by atomic mass is 9.81. The molecule has 0 spiro atoms. The monoisotopic (exact) mass is 704 g/mol. The summed E-state index contributed by atoms with van der Waals surface area (Å²) in [5.41, 5.74) is -2.51. The fraction of sp³-hybridized carbons (Fsp3) is 0.818. The molecule has 3 fully saturated rings. The number of hydrogen-bond acceptors (Lipinski definition) is 13. The van der Waals surface area contributed by atoms with Crippen molar-refractivity contribution < 1.29 is 59.7 Å². The normalized spacial score (nSPS) is 23.9. The van der Waals surface area contributed by atoms with E-state index in [9.17, 15) is 44.4 Å². The van der Waals surface area contributed by atoms with Gasteiger partial charge in [-0.05, 0) is 83.1 Å². The first-order chi connectivity index (χ1) is 21.7. The molecule has 3 rings (SSSR count). The van der Waals surface area contributed by atoms with E-state index in [1.807, 2.05) is 83.1 Å². The Kier molecular flexibility index (Phi) is 15.9. The van der Waals surface area contributed by atoms with Crippen LogP contribution in [-0.2, 0) is 28.8 Å². The lowest BCUT2D eigenvalue weighted by Gasteiger charge is -2.47. The number of piperidine rings is 3. The van der Waals surface area contributed by atoms with Gasteiger partial charge in [0.05, 0.1) is 19.6 Å². The summed E-state index contributed by atoms with van der Waals surface area (Å²) in [6.45, 7) is 20.8. The van der Waals surface area contributed by atoms with Gasteiger partial charge in [0.15, 0.2) is 0 Å². The Morgan fingerprint density at radius 1 is 0.449 bits per heavy atom. The lowest BCUT2D eigenvalue weighted by Crippen LogP contribution is -2.59. The first-order valence-corrected chi connectivity index (χ1v) is 16.1. The Bertz CT molecular complexity index is 1020. The van der Waals surface area contributed by atoms with Gasteiger partial charge in [0, 0.05) is 71.8 Å². The van der Waals surface area contributed by atoms with E-state index in [4.69, 9.17) is 15.3 Å². The first kappa shape index (κ1) is 46.1. The molecule has 0 radical (unpaired) electrons. The van der Waals surface area contributed by atoms with Crippen LogP contribution in [0.5, 0.6) is 0 Å². The number of carbonyl (C=O) groups is 6. The van der Waals surface area contributed by atoms with E-state index in [0.29, 0.717) is 38.5 Å². The maximum Gasteiger partial charge on any atom is 0.317 e. The average Bonchev–Trinajstić information content (AvgIpc) is 2.83. The molecule has 284 valence electrons. The zero-order chi connectivity index (χ0) is 39.1. The SMILES string of the molecule is CC1(C)CC(=O)CC(C)(C)N1O.CC1(C)CC(=O)CC(C)(C)N1O.CC1(C)CC(=O)CC(C)(C)N1O.O=C(O)CN(CC(=O)O)CC(=O)O. The van der Waals surface area contributed by atoms with E-state index >= 15 is 0 Å². The number of carboxylic acid groups (broad SMARTS) is 3. The third-order valence-corrected chi connectivity index (χ3v) is 8.30. The molecule has 0 aromatic heterocycles. The van der Waals surface area contributed by atoms with E-state index < -0.39 is 70.8 Å². The molecule has 0 unspecified atom stereocenters. The summed E-state index contributed by atoms with van der Waals surface area (Å²) in [5, 5.41) is 58.1. The number of rotatable bonds is 6.